The SMILES string of the molecule is O=C(O)[C@H]1CCCN1C(=O)c1csc(-c2ncccn2)n1. The van der Waals surface area contributed by atoms with Crippen molar-refractivity contribution in [2.75, 3.05) is 6.54 Å². The summed E-state index contributed by atoms with van der Waals surface area (Å²) in [6.07, 6.45) is 4.39. The monoisotopic (exact) mass is 304 g/mol. The maximum atomic E-state index is 12.4. The van der Waals surface area contributed by atoms with Gasteiger partial charge in [0.2, 0.25) is 0 Å². The van der Waals surface area contributed by atoms with Gasteiger partial charge in [0.25, 0.3) is 5.91 Å². The van der Waals surface area contributed by atoms with Crippen LogP contribution >= 0.6 is 11.3 Å². The fraction of sp³-hybridized carbons (Fsp3) is 0.308. The van der Waals surface area contributed by atoms with Gasteiger partial charge in [-0.15, -0.1) is 11.3 Å². The van der Waals surface area contributed by atoms with E-state index >= 15 is 0 Å². The maximum Gasteiger partial charge on any atom is 0.326 e. The lowest BCUT2D eigenvalue weighted by Gasteiger charge is -2.20. The Kier molecular flexibility index (Phi) is 3.61. The van der Waals surface area contributed by atoms with Gasteiger partial charge in [0, 0.05) is 24.3 Å². The largest absolute Gasteiger partial charge is 0.480 e. The van der Waals surface area contributed by atoms with Crippen LogP contribution in [-0.4, -0.2) is 49.4 Å². The van der Waals surface area contributed by atoms with E-state index in [-0.39, 0.29) is 11.6 Å². The summed E-state index contributed by atoms with van der Waals surface area (Å²) < 4.78 is 0. The van der Waals surface area contributed by atoms with Crippen molar-refractivity contribution in [1.82, 2.24) is 19.9 Å². The number of hydrogen-bond donors (Lipinski definition) is 1. The molecule has 0 saturated carbocycles. The molecule has 1 fully saturated rings. The van der Waals surface area contributed by atoms with Crippen LogP contribution in [0.25, 0.3) is 10.8 Å². The molecular weight excluding hydrogens is 292 g/mol. The minimum Gasteiger partial charge on any atom is -0.480 e. The third-order valence-electron chi connectivity index (χ3n) is 3.28. The van der Waals surface area contributed by atoms with E-state index in [4.69, 9.17) is 5.11 Å². The van der Waals surface area contributed by atoms with Crippen molar-refractivity contribution in [3.05, 3.63) is 29.5 Å². The molecule has 3 rings (SSSR count). The van der Waals surface area contributed by atoms with Gasteiger partial charge in [0.15, 0.2) is 10.8 Å². The highest BCUT2D eigenvalue weighted by Crippen LogP contribution is 2.24. The van der Waals surface area contributed by atoms with Crippen LogP contribution in [0, 0.1) is 0 Å². The molecule has 2 aromatic heterocycles. The fourth-order valence-electron chi connectivity index (χ4n) is 2.30. The normalized spacial score (nSPS) is 17.9. The molecule has 0 aromatic carbocycles. The first kappa shape index (κ1) is 13.6. The molecule has 1 amide bonds. The molecule has 1 aliphatic rings. The van der Waals surface area contributed by atoms with E-state index in [9.17, 15) is 9.59 Å². The van der Waals surface area contributed by atoms with Crippen molar-refractivity contribution in [1.29, 1.82) is 0 Å². The van der Waals surface area contributed by atoms with E-state index < -0.39 is 12.0 Å². The average molecular weight is 304 g/mol. The first-order chi connectivity index (χ1) is 10.2. The molecule has 3 heterocycles. The Hall–Kier alpha value is -2.35. The summed E-state index contributed by atoms with van der Waals surface area (Å²) in [5, 5.41) is 11.3. The van der Waals surface area contributed by atoms with Crippen LogP contribution in [0.5, 0.6) is 0 Å². The topological polar surface area (TPSA) is 96.3 Å². The van der Waals surface area contributed by atoms with Crippen LogP contribution in [0.4, 0.5) is 0 Å². The molecule has 0 unspecified atom stereocenters. The Morgan fingerprint density at radius 2 is 2.10 bits per heavy atom. The Morgan fingerprint density at radius 3 is 2.81 bits per heavy atom. The van der Waals surface area contributed by atoms with Crippen LogP contribution in [0.15, 0.2) is 23.8 Å². The van der Waals surface area contributed by atoms with Crippen LogP contribution in [0.2, 0.25) is 0 Å². The molecule has 7 nitrogen and oxygen atoms in total. The molecule has 108 valence electrons. The highest BCUT2D eigenvalue weighted by molar-refractivity contribution is 7.13. The second-order valence-electron chi connectivity index (χ2n) is 4.61. The number of hydrogen-bond acceptors (Lipinski definition) is 6. The van der Waals surface area contributed by atoms with Gasteiger partial charge in [0.05, 0.1) is 0 Å². The average Bonchev–Trinajstić information content (AvgIpc) is 3.17. The van der Waals surface area contributed by atoms with E-state index in [2.05, 4.69) is 15.0 Å². The van der Waals surface area contributed by atoms with Crippen molar-refractivity contribution in [2.24, 2.45) is 0 Å². The molecule has 0 bridgehead atoms. The lowest BCUT2D eigenvalue weighted by molar-refractivity contribution is -0.141. The predicted octanol–water partition coefficient (Wildman–Crippen LogP) is 1.29. The molecule has 1 saturated heterocycles. The molecule has 21 heavy (non-hydrogen) atoms. The number of thiazole rings is 1. The highest BCUT2D eigenvalue weighted by atomic mass is 32.1. The van der Waals surface area contributed by atoms with Crippen molar-refractivity contribution in [3.63, 3.8) is 0 Å². The number of aliphatic carboxylic acids is 1. The minimum atomic E-state index is -0.970. The van der Waals surface area contributed by atoms with Crippen molar-refractivity contribution in [3.8, 4) is 10.8 Å². The summed E-state index contributed by atoms with van der Waals surface area (Å²) in [5.41, 5.74) is 0.246. The van der Waals surface area contributed by atoms with Crippen LogP contribution in [-0.2, 0) is 4.79 Å². The Balaban J connectivity index is 1.83. The second kappa shape index (κ2) is 5.57. The van der Waals surface area contributed by atoms with Gasteiger partial charge in [-0.1, -0.05) is 0 Å². The molecule has 2 aromatic rings. The van der Waals surface area contributed by atoms with Crippen LogP contribution in [0.1, 0.15) is 23.3 Å². The summed E-state index contributed by atoms with van der Waals surface area (Å²) in [5.74, 6) is -0.862. The second-order valence-corrected chi connectivity index (χ2v) is 5.46. The maximum absolute atomic E-state index is 12.4. The molecule has 0 radical (unpaired) electrons. The van der Waals surface area contributed by atoms with Crippen molar-refractivity contribution < 1.29 is 14.7 Å². The molecule has 0 spiro atoms. The van der Waals surface area contributed by atoms with Gasteiger partial charge in [-0.05, 0) is 18.9 Å². The number of rotatable bonds is 3. The quantitative estimate of drug-likeness (QED) is 0.918. The predicted molar refractivity (Wildman–Crippen MR) is 74.8 cm³/mol. The van der Waals surface area contributed by atoms with E-state index in [1.807, 2.05) is 0 Å². The highest BCUT2D eigenvalue weighted by Gasteiger charge is 2.35. The van der Waals surface area contributed by atoms with Gasteiger partial charge in [0.1, 0.15) is 11.7 Å². The summed E-state index contributed by atoms with van der Waals surface area (Å²) in [6.45, 7) is 0.449. The first-order valence-electron chi connectivity index (χ1n) is 6.43. The number of carbonyl (C=O) groups excluding carboxylic acids is 1. The lowest BCUT2D eigenvalue weighted by atomic mass is 10.2. The van der Waals surface area contributed by atoms with Gasteiger partial charge in [-0.3, -0.25) is 4.79 Å². The van der Waals surface area contributed by atoms with Crippen molar-refractivity contribution >= 4 is 23.2 Å². The Morgan fingerprint density at radius 1 is 1.33 bits per heavy atom. The third-order valence-corrected chi connectivity index (χ3v) is 4.12. The van der Waals surface area contributed by atoms with Gasteiger partial charge < -0.3 is 10.0 Å². The molecule has 8 heteroatoms. The first-order valence-corrected chi connectivity index (χ1v) is 7.31. The van der Waals surface area contributed by atoms with Crippen molar-refractivity contribution in [2.45, 2.75) is 18.9 Å². The van der Waals surface area contributed by atoms with Crippen LogP contribution in [0.3, 0.4) is 0 Å². The molecule has 1 N–H and O–H groups in total. The molecule has 0 aliphatic carbocycles. The van der Waals surface area contributed by atoms with Crippen LogP contribution < -0.4 is 0 Å². The molecule has 1 atom stereocenters. The number of amides is 1. The zero-order valence-corrected chi connectivity index (χ0v) is 11.8. The molecular formula is C13H12N4O3S. The zero-order chi connectivity index (χ0) is 14.8. The zero-order valence-electron chi connectivity index (χ0n) is 11.0. The minimum absolute atomic E-state index is 0.246. The summed E-state index contributed by atoms with van der Waals surface area (Å²) in [6, 6.07) is 0.945. The fourth-order valence-corrected chi connectivity index (χ4v) is 3.04. The number of nitrogens with zero attached hydrogens (tertiary/aromatic N) is 4. The van der Waals surface area contributed by atoms with Gasteiger partial charge in [-0.2, -0.15) is 0 Å². The van der Waals surface area contributed by atoms with E-state index in [0.29, 0.717) is 30.2 Å². The number of carboxylic acid groups (broad SMARTS) is 1. The van der Waals surface area contributed by atoms with Gasteiger partial charge in [-0.25, -0.2) is 19.7 Å². The Bertz CT molecular complexity index is 673. The Labute approximate surface area is 124 Å². The summed E-state index contributed by atoms with van der Waals surface area (Å²) >= 11 is 1.27. The van der Waals surface area contributed by atoms with E-state index in [0.717, 1.165) is 0 Å². The number of likely N-dealkylation sites (tertiary alicyclic amines) is 1. The summed E-state index contributed by atoms with van der Waals surface area (Å²) in [7, 11) is 0. The lowest BCUT2D eigenvalue weighted by Crippen LogP contribution is -2.40. The number of carboxylic acids is 1. The summed E-state index contributed by atoms with van der Waals surface area (Å²) in [4.78, 5) is 37.3. The number of aromatic nitrogens is 3. The third kappa shape index (κ3) is 2.62. The van der Waals surface area contributed by atoms with E-state index in [1.54, 1.807) is 23.8 Å². The van der Waals surface area contributed by atoms with Gasteiger partial charge >= 0.3 is 5.97 Å². The smallest absolute Gasteiger partial charge is 0.326 e. The van der Waals surface area contributed by atoms with E-state index in [1.165, 1.54) is 16.2 Å². The molecule has 1 aliphatic heterocycles. The standard InChI is InChI=1S/C13H12N4O3S/c18-12(17-6-1-3-9(17)13(19)20)8-7-21-11(16-8)10-14-4-2-5-15-10/h2,4-5,7,9H,1,3,6H2,(H,19,20)/t9-/m1/s1. The number of carbonyl (C=O) groups is 2.